The van der Waals surface area contributed by atoms with Crippen LogP contribution in [0.2, 0.25) is 0 Å². The molecule has 2 N–H and O–H groups in total. The summed E-state index contributed by atoms with van der Waals surface area (Å²) in [5.41, 5.74) is -0.524. The van der Waals surface area contributed by atoms with Crippen LogP contribution in [0.1, 0.15) is 82.3 Å². The minimum Gasteiger partial charge on any atom is -0.353 e. The van der Waals surface area contributed by atoms with Gasteiger partial charge >= 0.3 is 0 Å². The molecule has 7 heteroatoms. The molecule has 1 aromatic rings. The Balaban J connectivity index is 1.50. The van der Waals surface area contributed by atoms with Crippen molar-refractivity contribution in [2.24, 2.45) is 5.92 Å². The molecule has 0 aromatic carbocycles. The Hall–Kier alpha value is -1.92. The number of carbonyl (C=O) groups is 2. The molecule has 4 rings (SSSR count). The largest absolute Gasteiger partial charge is 0.353 e. The summed E-state index contributed by atoms with van der Waals surface area (Å²) >= 11 is 0. The molecule has 136 valence electrons. The summed E-state index contributed by atoms with van der Waals surface area (Å²) in [5.74, 6) is 1.38. The van der Waals surface area contributed by atoms with Crippen molar-refractivity contribution >= 4 is 11.8 Å². The molecular formula is C18H26N4O3. The van der Waals surface area contributed by atoms with Crippen LogP contribution in [0.5, 0.6) is 0 Å². The van der Waals surface area contributed by atoms with E-state index in [2.05, 4.69) is 20.8 Å². The second kappa shape index (κ2) is 6.42. The highest BCUT2D eigenvalue weighted by Crippen LogP contribution is 2.42. The predicted octanol–water partition coefficient (Wildman–Crippen LogP) is 2.14. The first-order valence-electron chi connectivity index (χ1n) is 9.55. The maximum absolute atomic E-state index is 12.9. The highest BCUT2D eigenvalue weighted by Gasteiger charge is 2.44. The summed E-state index contributed by atoms with van der Waals surface area (Å²) < 4.78 is 5.43. The van der Waals surface area contributed by atoms with Crippen LogP contribution >= 0.6 is 0 Å². The Bertz CT molecular complexity index is 661. The van der Waals surface area contributed by atoms with Crippen molar-refractivity contribution < 1.29 is 14.1 Å². The van der Waals surface area contributed by atoms with Crippen molar-refractivity contribution in [1.29, 1.82) is 0 Å². The number of hydrogen-bond donors (Lipinski definition) is 2. The van der Waals surface area contributed by atoms with E-state index in [4.69, 9.17) is 4.52 Å². The highest BCUT2D eigenvalue weighted by molar-refractivity contribution is 5.87. The molecule has 0 unspecified atom stereocenters. The Morgan fingerprint density at radius 2 is 2.12 bits per heavy atom. The third kappa shape index (κ3) is 3.28. The topological polar surface area (TPSA) is 97.1 Å². The minimum absolute atomic E-state index is 0.0331. The van der Waals surface area contributed by atoms with Gasteiger partial charge in [0.05, 0.1) is 0 Å². The van der Waals surface area contributed by atoms with Crippen molar-refractivity contribution in [1.82, 2.24) is 20.8 Å². The zero-order chi connectivity index (χ0) is 17.4. The third-order valence-electron chi connectivity index (χ3n) is 5.85. The quantitative estimate of drug-likeness (QED) is 0.851. The van der Waals surface area contributed by atoms with Gasteiger partial charge in [0.15, 0.2) is 5.82 Å². The molecule has 0 radical (unpaired) electrons. The second-order valence-corrected chi connectivity index (χ2v) is 7.82. The Morgan fingerprint density at radius 1 is 1.36 bits per heavy atom. The number of aromatic nitrogens is 2. The SMILES string of the molecule is CC[C@@H]1C[C@H](C(=O)NC2(c3noc(C4CC4)n3)CCCC2)CC(=O)N1. The maximum Gasteiger partial charge on any atom is 0.229 e. The van der Waals surface area contributed by atoms with E-state index in [0.717, 1.165) is 44.9 Å². The number of amides is 2. The number of nitrogens with one attached hydrogen (secondary N) is 2. The first-order chi connectivity index (χ1) is 12.1. The van der Waals surface area contributed by atoms with Crippen molar-refractivity contribution in [3.63, 3.8) is 0 Å². The van der Waals surface area contributed by atoms with Crippen LogP contribution in [0.25, 0.3) is 0 Å². The van der Waals surface area contributed by atoms with E-state index in [1.165, 1.54) is 0 Å². The minimum atomic E-state index is -0.524. The molecule has 2 amide bonds. The van der Waals surface area contributed by atoms with Crippen molar-refractivity contribution in [2.75, 3.05) is 0 Å². The monoisotopic (exact) mass is 346 g/mol. The normalized spacial score (nSPS) is 28.6. The van der Waals surface area contributed by atoms with E-state index in [9.17, 15) is 9.59 Å². The van der Waals surface area contributed by atoms with Gasteiger partial charge in [-0.3, -0.25) is 9.59 Å². The fraction of sp³-hybridized carbons (Fsp3) is 0.778. The molecule has 1 aromatic heterocycles. The first kappa shape index (κ1) is 16.5. The van der Waals surface area contributed by atoms with Gasteiger partial charge in [-0.25, -0.2) is 0 Å². The summed E-state index contributed by atoms with van der Waals surface area (Å²) in [6, 6.07) is 0.0863. The van der Waals surface area contributed by atoms with E-state index < -0.39 is 5.54 Å². The molecular weight excluding hydrogens is 320 g/mol. The molecule has 25 heavy (non-hydrogen) atoms. The molecule has 7 nitrogen and oxygen atoms in total. The first-order valence-corrected chi connectivity index (χ1v) is 9.55. The molecule has 3 fully saturated rings. The third-order valence-corrected chi connectivity index (χ3v) is 5.85. The van der Waals surface area contributed by atoms with Crippen LogP contribution in [-0.4, -0.2) is 28.0 Å². The molecule has 1 aliphatic heterocycles. The fourth-order valence-corrected chi connectivity index (χ4v) is 4.11. The highest BCUT2D eigenvalue weighted by atomic mass is 16.5. The molecule has 0 spiro atoms. The van der Waals surface area contributed by atoms with Crippen LogP contribution in [0.3, 0.4) is 0 Å². The molecule has 2 saturated carbocycles. The van der Waals surface area contributed by atoms with Gasteiger partial charge in [0.1, 0.15) is 5.54 Å². The zero-order valence-corrected chi connectivity index (χ0v) is 14.7. The molecule has 2 heterocycles. The van der Waals surface area contributed by atoms with Gasteiger partial charge in [0.2, 0.25) is 17.7 Å². The average Bonchev–Trinajstić information content (AvgIpc) is 3.14. The Labute approximate surface area is 147 Å². The standard InChI is InChI=1S/C18H26N4O3/c1-2-13-9-12(10-14(23)19-13)15(24)21-18(7-3-4-8-18)17-20-16(25-22-17)11-5-6-11/h11-13H,2-10H2,1H3,(H,19,23)(H,21,24)/t12-,13+/m0/s1. The molecule has 0 bridgehead atoms. The smallest absolute Gasteiger partial charge is 0.229 e. The molecule has 3 aliphatic rings. The lowest BCUT2D eigenvalue weighted by molar-refractivity contribution is -0.135. The van der Waals surface area contributed by atoms with Crippen molar-refractivity contribution in [3.8, 4) is 0 Å². The van der Waals surface area contributed by atoms with Crippen LogP contribution in [0.15, 0.2) is 4.52 Å². The van der Waals surface area contributed by atoms with Crippen LogP contribution in [0.4, 0.5) is 0 Å². The number of piperidine rings is 1. The van der Waals surface area contributed by atoms with Crippen LogP contribution in [0, 0.1) is 5.92 Å². The van der Waals surface area contributed by atoms with Crippen LogP contribution < -0.4 is 10.6 Å². The lowest BCUT2D eigenvalue weighted by Crippen LogP contribution is -2.51. The van der Waals surface area contributed by atoms with E-state index >= 15 is 0 Å². The molecule has 2 atom stereocenters. The summed E-state index contributed by atoms with van der Waals surface area (Å²) in [6.07, 6.45) is 7.76. The predicted molar refractivity (Wildman–Crippen MR) is 89.5 cm³/mol. The molecule has 1 saturated heterocycles. The van der Waals surface area contributed by atoms with E-state index in [1.54, 1.807) is 0 Å². The average molecular weight is 346 g/mol. The van der Waals surface area contributed by atoms with Gasteiger partial charge in [-0.15, -0.1) is 0 Å². The molecule has 2 aliphatic carbocycles. The number of hydrogen-bond acceptors (Lipinski definition) is 5. The zero-order valence-electron chi connectivity index (χ0n) is 14.7. The Morgan fingerprint density at radius 3 is 2.80 bits per heavy atom. The van der Waals surface area contributed by atoms with Crippen molar-refractivity contribution in [2.45, 2.75) is 82.2 Å². The lowest BCUT2D eigenvalue weighted by atomic mass is 9.88. The maximum atomic E-state index is 12.9. The van der Waals surface area contributed by atoms with E-state index in [0.29, 0.717) is 24.1 Å². The lowest BCUT2D eigenvalue weighted by Gasteiger charge is -2.32. The van der Waals surface area contributed by atoms with Gasteiger partial charge in [-0.2, -0.15) is 4.98 Å². The van der Waals surface area contributed by atoms with Gasteiger partial charge in [0, 0.05) is 24.3 Å². The number of nitrogens with zero attached hydrogens (tertiary/aromatic N) is 2. The Kier molecular flexibility index (Phi) is 4.25. The van der Waals surface area contributed by atoms with Gasteiger partial charge in [0.25, 0.3) is 0 Å². The van der Waals surface area contributed by atoms with Gasteiger partial charge in [-0.05, 0) is 38.5 Å². The fourth-order valence-electron chi connectivity index (χ4n) is 4.11. The van der Waals surface area contributed by atoms with E-state index in [-0.39, 0.29) is 30.2 Å². The summed E-state index contributed by atoms with van der Waals surface area (Å²) in [7, 11) is 0. The number of rotatable bonds is 5. The second-order valence-electron chi connectivity index (χ2n) is 7.82. The van der Waals surface area contributed by atoms with Crippen LogP contribution in [-0.2, 0) is 15.1 Å². The summed E-state index contributed by atoms with van der Waals surface area (Å²) in [5, 5.41) is 10.4. The summed E-state index contributed by atoms with van der Waals surface area (Å²) in [6.45, 7) is 2.03. The van der Waals surface area contributed by atoms with E-state index in [1.807, 2.05) is 6.92 Å². The summed E-state index contributed by atoms with van der Waals surface area (Å²) in [4.78, 5) is 29.4. The van der Waals surface area contributed by atoms with Gasteiger partial charge < -0.3 is 15.2 Å². The van der Waals surface area contributed by atoms with Crippen molar-refractivity contribution in [3.05, 3.63) is 11.7 Å². The van der Waals surface area contributed by atoms with Gasteiger partial charge in [-0.1, -0.05) is 24.9 Å². The number of carbonyl (C=O) groups excluding carboxylic acids is 2.